The first-order valence-corrected chi connectivity index (χ1v) is 11.2. The Morgan fingerprint density at radius 3 is 2.21 bits per heavy atom. The molecule has 0 saturated carbocycles. The molecule has 0 aromatic heterocycles. The fourth-order valence-corrected chi connectivity index (χ4v) is 3.34. The Morgan fingerprint density at radius 1 is 1.03 bits per heavy atom. The van der Waals surface area contributed by atoms with Gasteiger partial charge in [-0.2, -0.15) is 13.2 Å². The smallest absolute Gasteiger partial charge is 0.437 e. The summed E-state index contributed by atoms with van der Waals surface area (Å²) in [7, 11) is 0. The average molecular weight is 545 g/mol. The molecule has 4 nitrogen and oxygen atoms in total. The molecule has 0 fully saturated rings. The largest absolute Gasteiger partial charge is 0.490 e. The first kappa shape index (κ1) is 27.4. The van der Waals surface area contributed by atoms with Crippen molar-refractivity contribution in [2.24, 2.45) is 5.16 Å². The van der Waals surface area contributed by atoms with E-state index < -0.39 is 11.9 Å². The highest BCUT2D eigenvalue weighted by molar-refractivity contribution is 6.55. The minimum absolute atomic E-state index is 0.0433. The number of rotatable bonds is 11. The summed E-state index contributed by atoms with van der Waals surface area (Å²) in [5, 5.41) is 3.74. The zero-order chi connectivity index (χ0) is 24.4. The van der Waals surface area contributed by atoms with E-state index in [-0.39, 0.29) is 33.3 Å². The van der Waals surface area contributed by atoms with E-state index in [2.05, 4.69) is 9.99 Å². The molecule has 0 unspecified atom stereocenters. The summed E-state index contributed by atoms with van der Waals surface area (Å²) in [6.07, 6.45) is -1.98. The van der Waals surface area contributed by atoms with E-state index >= 15 is 0 Å². The standard InChI is InChI=1S/C22H20Cl4F3NO3/c1-2-33-30-21(22(27,28)29)15-7-5-14(6-8-15)4-3-10-32-20-17(23)12-16(13-18(20)24)31-11-9-19(25)26/h5-9,12-13H,2-4,10-11H2,1H3. The maximum absolute atomic E-state index is 13.2. The lowest BCUT2D eigenvalue weighted by molar-refractivity contribution is -0.0613. The second kappa shape index (κ2) is 13.2. The van der Waals surface area contributed by atoms with Crippen LogP contribution in [-0.2, 0) is 11.3 Å². The van der Waals surface area contributed by atoms with Crippen molar-refractivity contribution in [3.05, 3.63) is 68.1 Å². The summed E-state index contributed by atoms with van der Waals surface area (Å²) in [6, 6.07) is 9.05. The third-order valence-corrected chi connectivity index (χ3v) is 4.97. The average Bonchev–Trinajstić information content (AvgIpc) is 2.72. The number of nitrogens with zero attached hydrogens (tertiary/aromatic N) is 1. The lowest BCUT2D eigenvalue weighted by Gasteiger charge is -2.13. The molecule has 33 heavy (non-hydrogen) atoms. The monoisotopic (exact) mass is 543 g/mol. The number of hydrogen-bond donors (Lipinski definition) is 0. The molecule has 0 spiro atoms. The predicted molar refractivity (Wildman–Crippen MR) is 126 cm³/mol. The second-order valence-electron chi connectivity index (χ2n) is 6.53. The molecule has 0 radical (unpaired) electrons. The summed E-state index contributed by atoms with van der Waals surface area (Å²) in [4.78, 5) is 4.59. The Hall–Kier alpha value is -1.80. The van der Waals surface area contributed by atoms with Crippen LogP contribution in [0.3, 0.4) is 0 Å². The van der Waals surface area contributed by atoms with Crippen LogP contribution in [0.5, 0.6) is 11.5 Å². The minimum Gasteiger partial charge on any atom is -0.490 e. The number of aryl methyl sites for hydroxylation is 1. The van der Waals surface area contributed by atoms with Gasteiger partial charge in [0, 0.05) is 17.7 Å². The molecule has 0 bridgehead atoms. The van der Waals surface area contributed by atoms with Gasteiger partial charge in [-0.1, -0.05) is 75.8 Å². The zero-order valence-electron chi connectivity index (χ0n) is 17.4. The van der Waals surface area contributed by atoms with Crippen molar-refractivity contribution in [1.82, 2.24) is 0 Å². The van der Waals surface area contributed by atoms with Gasteiger partial charge < -0.3 is 14.3 Å². The van der Waals surface area contributed by atoms with Gasteiger partial charge in [-0.25, -0.2) is 0 Å². The topological polar surface area (TPSA) is 40.0 Å². The highest BCUT2D eigenvalue weighted by atomic mass is 35.5. The molecule has 2 aromatic rings. The van der Waals surface area contributed by atoms with Gasteiger partial charge in [0.1, 0.15) is 23.5 Å². The molecule has 0 aliphatic rings. The van der Waals surface area contributed by atoms with Gasteiger partial charge in [-0.3, -0.25) is 0 Å². The van der Waals surface area contributed by atoms with Gasteiger partial charge in [0.15, 0.2) is 11.5 Å². The minimum atomic E-state index is -4.61. The Morgan fingerprint density at radius 2 is 1.67 bits per heavy atom. The normalized spacial score (nSPS) is 11.8. The Kier molecular flexibility index (Phi) is 11.0. The van der Waals surface area contributed by atoms with Crippen LogP contribution in [0.4, 0.5) is 13.2 Å². The van der Waals surface area contributed by atoms with Crippen LogP contribution in [0.2, 0.25) is 10.0 Å². The fourth-order valence-electron chi connectivity index (χ4n) is 2.64. The van der Waals surface area contributed by atoms with E-state index in [0.29, 0.717) is 30.9 Å². The van der Waals surface area contributed by atoms with Crippen LogP contribution in [0, 0.1) is 0 Å². The molecular formula is C22H20Cl4F3NO3. The van der Waals surface area contributed by atoms with Gasteiger partial charge in [-0.05, 0) is 31.4 Å². The van der Waals surface area contributed by atoms with Gasteiger partial charge in [0.2, 0.25) is 0 Å². The van der Waals surface area contributed by atoms with Gasteiger partial charge in [-0.15, -0.1) is 0 Å². The molecule has 2 rings (SSSR count). The fraction of sp³-hybridized carbons (Fsp3) is 0.318. The van der Waals surface area contributed by atoms with Crippen LogP contribution in [0.1, 0.15) is 24.5 Å². The third-order valence-electron chi connectivity index (χ3n) is 4.10. The van der Waals surface area contributed by atoms with Crippen molar-refractivity contribution in [2.45, 2.75) is 25.9 Å². The summed E-state index contributed by atoms with van der Waals surface area (Å²) >= 11 is 23.5. The molecule has 0 N–H and O–H groups in total. The van der Waals surface area contributed by atoms with E-state index in [4.69, 9.17) is 55.9 Å². The number of oxime groups is 1. The molecule has 2 aromatic carbocycles. The molecule has 0 atom stereocenters. The van der Waals surface area contributed by atoms with Crippen LogP contribution in [0.15, 0.2) is 52.1 Å². The Bertz CT molecular complexity index is 953. The first-order valence-electron chi connectivity index (χ1n) is 9.74. The van der Waals surface area contributed by atoms with E-state index in [1.807, 2.05) is 0 Å². The molecule has 0 heterocycles. The van der Waals surface area contributed by atoms with E-state index in [0.717, 1.165) is 5.56 Å². The number of ether oxygens (including phenoxy) is 2. The van der Waals surface area contributed by atoms with E-state index in [1.165, 1.54) is 18.2 Å². The van der Waals surface area contributed by atoms with Crippen LogP contribution in [0.25, 0.3) is 0 Å². The molecule has 0 amide bonds. The van der Waals surface area contributed by atoms with Crippen LogP contribution >= 0.6 is 46.4 Å². The third kappa shape index (κ3) is 9.16. The van der Waals surface area contributed by atoms with Crippen molar-refractivity contribution in [2.75, 3.05) is 19.8 Å². The SMILES string of the molecule is CCON=C(c1ccc(CCCOc2c(Cl)cc(OCC=C(Cl)Cl)cc2Cl)cc1)C(F)(F)F. The van der Waals surface area contributed by atoms with Crippen molar-refractivity contribution < 1.29 is 27.5 Å². The number of alkyl halides is 3. The summed E-state index contributed by atoms with van der Waals surface area (Å²) in [5.74, 6) is 0.739. The summed E-state index contributed by atoms with van der Waals surface area (Å²) < 4.78 is 50.7. The molecule has 180 valence electrons. The van der Waals surface area contributed by atoms with Crippen molar-refractivity contribution in [3.63, 3.8) is 0 Å². The lowest BCUT2D eigenvalue weighted by Crippen LogP contribution is -2.24. The molecule has 0 aliphatic carbocycles. The van der Waals surface area contributed by atoms with Crippen molar-refractivity contribution in [1.29, 1.82) is 0 Å². The highest BCUT2D eigenvalue weighted by Gasteiger charge is 2.37. The van der Waals surface area contributed by atoms with Gasteiger partial charge in [0.25, 0.3) is 0 Å². The zero-order valence-corrected chi connectivity index (χ0v) is 20.4. The molecule has 11 heteroatoms. The molecule has 0 saturated heterocycles. The van der Waals surface area contributed by atoms with E-state index in [9.17, 15) is 13.2 Å². The van der Waals surface area contributed by atoms with Gasteiger partial charge >= 0.3 is 6.18 Å². The Labute approximate surface area is 209 Å². The quantitative estimate of drug-likeness (QED) is 0.163. The predicted octanol–water partition coefficient (Wildman–Crippen LogP) is 8.01. The number of hydrogen-bond acceptors (Lipinski definition) is 4. The van der Waals surface area contributed by atoms with Crippen molar-refractivity contribution >= 4 is 52.1 Å². The number of benzene rings is 2. The highest BCUT2D eigenvalue weighted by Crippen LogP contribution is 2.37. The summed E-state index contributed by atoms with van der Waals surface area (Å²) in [5.41, 5.74) is -0.300. The molecule has 0 aliphatic heterocycles. The van der Waals surface area contributed by atoms with Crippen LogP contribution in [-0.4, -0.2) is 31.7 Å². The maximum Gasteiger partial charge on any atom is 0.437 e. The maximum atomic E-state index is 13.2. The van der Waals surface area contributed by atoms with Crippen molar-refractivity contribution in [3.8, 4) is 11.5 Å². The summed E-state index contributed by atoms with van der Waals surface area (Å²) in [6.45, 7) is 2.05. The lowest BCUT2D eigenvalue weighted by atomic mass is 10.0. The van der Waals surface area contributed by atoms with Crippen LogP contribution < -0.4 is 9.47 Å². The first-order chi connectivity index (χ1) is 15.6. The second-order valence-corrected chi connectivity index (χ2v) is 8.35. The Balaban J connectivity index is 1.91. The number of halogens is 7. The van der Waals surface area contributed by atoms with E-state index in [1.54, 1.807) is 31.2 Å². The van der Waals surface area contributed by atoms with Gasteiger partial charge in [0.05, 0.1) is 16.7 Å². The molecular weight excluding hydrogens is 525 g/mol.